The normalized spacial score (nSPS) is 32.1. The maximum Gasteiger partial charge on any atom is 0.303 e. The molecule has 120 valence electrons. The van der Waals surface area contributed by atoms with E-state index in [-0.39, 0.29) is 6.61 Å². The van der Waals surface area contributed by atoms with Crippen LogP contribution in [0.25, 0.3) is 0 Å². The monoisotopic (exact) mass is 324 g/mol. The lowest BCUT2D eigenvalue weighted by atomic mass is 9.99. The molecule has 1 saturated heterocycles. The Kier molecular flexibility index (Phi) is 6.38. The summed E-state index contributed by atoms with van der Waals surface area (Å²) in [7, 11) is 0. The number of carbonyl (C=O) groups excluding carboxylic acids is 3. The number of aliphatic hydroxyl groups is 1. The largest absolute Gasteiger partial charge is 0.463 e. The smallest absolute Gasteiger partial charge is 0.303 e. The third-order valence-corrected chi connectivity index (χ3v) is 3.02. The summed E-state index contributed by atoms with van der Waals surface area (Å²) < 4.78 is 20.0. The molecule has 8 nitrogen and oxygen atoms in total. The first-order chi connectivity index (χ1) is 9.72. The standard InChI is InChI=1S/C12H17ClO8/c1-5(14)18-4-8-10(19-6(2)15)11(20-7(3)16)9(17)12(13)21-8/h8-12,17H,4H2,1-3H3. The summed E-state index contributed by atoms with van der Waals surface area (Å²) in [4.78, 5) is 33.2. The Labute approximate surface area is 126 Å². The van der Waals surface area contributed by atoms with Gasteiger partial charge in [-0.2, -0.15) is 0 Å². The highest BCUT2D eigenvalue weighted by Gasteiger charge is 2.49. The van der Waals surface area contributed by atoms with E-state index in [4.69, 9.17) is 30.5 Å². The molecular formula is C12H17ClO8. The van der Waals surface area contributed by atoms with Crippen molar-refractivity contribution in [3.63, 3.8) is 0 Å². The molecule has 1 heterocycles. The van der Waals surface area contributed by atoms with E-state index in [2.05, 4.69) is 0 Å². The van der Waals surface area contributed by atoms with E-state index in [1.165, 1.54) is 6.92 Å². The number of rotatable bonds is 4. The number of aliphatic hydroxyl groups excluding tert-OH is 1. The van der Waals surface area contributed by atoms with Gasteiger partial charge >= 0.3 is 17.9 Å². The third kappa shape index (κ3) is 5.14. The number of halogens is 1. The van der Waals surface area contributed by atoms with E-state index in [0.29, 0.717) is 0 Å². The molecule has 5 unspecified atom stereocenters. The molecule has 5 atom stereocenters. The Morgan fingerprint density at radius 2 is 1.57 bits per heavy atom. The van der Waals surface area contributed by atoms with Crippen LogP contribution in [0.2, 0.25) is 0 Å². The second-order valence-electron chi connectivity index (χ2n) is 4.47. The summed E-state index contributed by atoms with van der Waals surface area (Å²) in [6.45, 7) is 3.21. The Morgan fingerprint density at radius 3 is 2.05 bits per heavy atom. The zero-order chi connectivity index (χ0) is 16.2. The van der Waals surface area contributed by atoms with Crippen LogP contribution in [0, 0.1) is 0 Å². The van der Waals surface area contributed by atoms with E-state index in [0.717, 1.165) is 13.8 Å². The molecule has 9 heteroatoms. The minimum atomic E-state index is -1.39. The highest BCUT2D eigenvalue weighted by atomic mass is 35.5. The van der Waals surface area contributed by atoms with Gasteiger partial charge in [0.15, 0.2) is 17.8 Å². The van der Waals surface area contributed by atoms with Crippen molar-refractivity contribution in [3.05, 3.63) is 0 Å². The Morgan fingerprint density at radius 1 is 1.05 bits per heavy atom. The van der Waals surface area contributed by atoms with Crippen molar-refractivity contribution in [1.82, 2.24) is 0 Å². The fraction of sp³-hybridized carbons (Fsp3) is 0.750. The minimum absolute atomic E-state index is 0.263. The van der Waals surface area contributed by atoms with Crippen molar-refractivity contribution in [1.29, 1.82) is 0 Å². The molecule has 21 heavy (non-hydrogen) atoms. The summed E-state index contributed by atoms with van der Waals surface area (Å²) in [6.07, 6.45) is -4.72. The van der Waals surface area contributed by atoms with Gasteiger partial charge in [0.1, 0.15) is 18.8 Å². The van der Waals surface area contributed by atoms with Gasteiger partial charge < -0.3 is 24.1 Å². The van der Waals surface area contributed by atoms with Crippen molar-refractivity contribution < 1.29 is 38.4 Å². The van der Waals surface area contributed by atoms with E-state index in [1.807, 2.05) is 0 Å². The molecular weight excluding hydrogens is 308 g/mol. The van der Waals surface area contributed by atoms with Gasteiger partial charge in [-0.05, 0) is 0 Å². The SMILES string of the molecule is CC(=O)OCC1OC(Cl)C(O)C(OC(C)=O)C1OC(C)=O. The minimum Gasteiger partial charge on any atom is -0.463 e. The van der Waals surface area contributed by atoms with E-state index < -0.39 is 47.9 Å². The average Bonchev–Trinajstić information content (AvgIpc) is 2.35. The number of ether oxygens (including phenoxy) is 4. The first-order valence-electron chi connectivity index (χ1n) is 6.17. The molecule has 1 aliphatic rings. The molecule has 0 amide bonds. The van der Waals surface area contributed by atoms with Crippen LogP contribution in [0.4, 0.5) is 0 Å². The van der Waals surface area contributed by atoms with Gasteiger partial charge in [0.05, 0.1) is 0 Å². The first-order valence-corrected chi connectivity index (χ1v) is 6.61. The fourth-order valence-corrected chi connectivity index (χ4v) is 2.15. The lowest BCUT2D eigenvalue weighted by Gasteiger charge is -2.41. The molecule has 0 spiro atoms. The molecule has 0 aliphatic carbocycles. The van der Waals surface area contributed by atoms with Gasteiger partial charge in [-0.1, -0.05) is 11.6 Å². The zero-order valence-electron chi connectivity index (χ0n) is 11.8. The van der Waals surface area contributed by atoms with Crippen molar-refractivity contribution in [2.75, 3.05) is 6.61 Å². The van der Waals surface area contributed by atoms with Crippen LogP contribution in [0.15, 0.2) is 0 Å². The summed E-state index contributed by atoms with van der Waals surface area (Å²) >= 11 is 5.81. The lowest BCUT2D eigenvalue weighted by molar-refractivity contribution is -0.232. The fourth-order valence-electron chi connectivity index (χ4n) is 1.88. The number of hydrogen-bond acceptors (Lipinski definition) is 8. The Bertz CT molecular complexity index is 412. The molecule has 0 aromatic rings. The predicted molar refractivity (Wildman–Crippen MR) is 68.3 cm³/mol. The van der Waals surface area contributed by atoms with Crippen LogP contribution < -0.4 is 0 Å². The van der Waals surface area contributed by atoms with Gasteiger partial charge in [-0.25, -0.2) is 0 Å². The maximum absolute atomic E-state index is 11.2. The van der Waals surface area contributed by atoms with Crippen LogP contribution >= 0.6 is 11.6 Å². The molecule has 0 aromatic carbocycles. The second-order valence-corrected chi connectivity index (χ2v) is 4.90. The van der Waals surface area contributed by atoms with Crippen LogP contribution in [-0.2, 0) is 33.3 Å². The van der Waals surface area contributed by atoms with Crippen molar-refractivity contribution >= 4 is 29.5 Å². The number of alkyl halides is 1. The van der Waals surface area contributed by atoms with Gasteiger partial charge in [-0.15, -0.1) is 0 Å². The van der Waals surface area contributed by atoms with E-state index in [9.17, 15) is 19.5 Å². The molecule has 1 N–H and O–H groups in total. The number of esters is 3. The van der Waals surface area contributed by atoms with E-state index in [1.54, 1.807) is 0 Å². The summed E-state index contributed by atoms with van der Waals surface area (Å²) in [5.74, 6) is -1.93. The quantitative estimate of drug-likeness (QED) is 0.428. The highest BCUT2D eigenvalue weighted by Crippen LogP contribution is 2.28. The molecule has 1 aliphatic heterocycles. The third-order valence-electron chi connectivity index (χ3n) is 2.66. The van der Waals surface area contributed by atoms with E-state index >= 15 is 0 Å². The van der Waals surface area contributed by atoms with Gasteiger partial charge in [0, 0.05) is 20.8 Å². The van der Waals surface area contributed by atoms with Crippen molar-refractivity contribution in [3.8, 4) is 0 Å². The topological polar surface area (TPSA) is 108 Å². The predicted octanol–water partition coefficient (Wildman–Crippen LogP) is -0.263. The molecule has 1 rings (SSSR count). The first kappa shape index (κ1) is 17.7. The second kappa shape index (κ2) is 7.58. The van der Waals surface area contributed by atoms with Crippen molar-refractivity contribution in [2.24, 2.45) is 0 Å². The number of hydrogen-bond donors (Lipinski definition) is 1. The molecule has 0 aromatic heterocycles. The lowest BCUT2D eigenvalue weighted by Crippen LogP contribution is -2.60. The van der Waals surface area contributed by atoms with Crippen LogP contribution in [0.1, 0.15) is 20.8 Å². The Balaban J connectivity index is 2.94. The van der Waals surface area contributed by atoms with Crippen molar-refractivity contribution in [2.45, 2.75) is 50.8 Å². The summed E-state index contributed by atoms with van der Waals surface area (Å²) in [5.41, 5.74) is -1.21. The van der Waals surface area contributed by atoms with Gasteiger partial charge in [0.2, 0.25) is 0 Å². The van der Waals surface area contributed by atoms with Gasteiger partial charge in [0.25, 0.3) is 0 Å². The van der Waals surface area contributed by atoms with Crippen LogP contribution in [0.3, 0.4) is 0 Å². The summed E-state index contributed by atoms with van der Waals surface area (Å²) in [6, 6.07) is 0. The maximum atomic E-state index is 11.2. The Hall–Kier alpha value is -1.38. The van der Waals surface area contributed by atoms with Crippen LogP contribution in [0.5, 0.6) is 0 Å². The van der Waals surface area contributed by atoms with Crippen LogP contribution in [-0.4, -0.2) is 59.6 Å². The van der Waals surface area contributed by atoms with Gasteiger partial charge in [-0.3, -0.25) is 14.4 Å². The number of carbonyl (C=O) groups is 3. The highest BCUT2D eigenvalue weighted by molar-refractivity contribution is 6.20. The molecule has 0 saturated carbocycles. The summed E-state index contributed by atoms with van der Waals surface area (Å²) in [5, 5.41) is 9.93. The zero-order valence-corrected chi connectivity index (χ0v) is 12.5. The average molecular weight is 325 g/mol. The molecule has 0 bridgehead atoms. The molecule has 0 radical (unpaired) electrons. The molecule has 1 fully saturated rings.